The van der Waals surface area contributed by atoms with Crippen LogP contribution in [-0.2, 0) is 11.8 Å². The Morgan fingerprint density at radius 1 is 1.09 bits per heavy atom. The summed E-state index contributed by atoms with van der Waals surface area (Å²) < 4.78 is 12.4. The summed E-state index contributed by atoms with van der Waals surface area (Å²) in [5, 5.41) is 4.33. The number of hydrogen-bond donors (Lipinski definition) is 0. The minimum Gasteiger partial charge on any atom is -0.480 e. The molecule has 2 unspecified atom stereocenters. The van der Waals surface area contributed by atoms with Crippen molar-refractivity contribution in [1.29, 1.82) is 0 Å². The maximum absolute atomic E-state index is 5.73. The van der Waals surface area contributed by atoms with E-state index >= 15 is 0 Å². The van der Waals surface area contributed by atoms with Gasteiger partial charge in [0.2, 0.25) is 11.8 Å². The van der Waals surface area contributed by atoms with E-state index in [4.69, 9.17) is 20.9 Å². The molecule has 22 heavy (non-hydrogen) atoms. The van der Waals surface area contributed by atoms with Crippen molar-refractivity contribution in [2.24, 2.45) is 5.10 Å². The van der Waals surface area contributed by atoms with Gasteiger partial charge in [-0.15, -0.1) is 5.10 Å². The number of hydrogen-bond acceptors (Lipinski definition) is 4. The van der Waals surface area contributed by atoms with Crippen molar-refractivity contribution in [2.45, 2.75) is 6.92 Å². The number of nitrogens with zero attached hydrogens (tertiary/aromatic N) is 2. The normalized spacial score (nSPS) is 11.3. The molecule has 0 aliphatic rings. The number of benzene rings is 2. The van der Waals surface area contributed by atoms with Crippen LogP contribution in [-0.4, -0.2) is 18.0 Å². The van der Waals surface area contributed by atoms with Crippen LogP contribution in [0.4, 0.5) is 0 Å². The van der Waals surface area contributed by atoms with E-state index < -0.39 is 7.07 Å². The molecule has 114 valence electrons. The van der Waals surface area contributed by atoms with E-state index in [2.05, 4.69) is 14.6 Å². The third kappa shape index (κ3) is 5.03. The van der Waals surface area contributed by atoms with Crippen LogP contribution in [0.15, 0.2) is 53.6 Å². The largest absolute Gasteiger partial charge is 0.540 e. The van der Waals surface area contributed by atoms with Crippen molar-refractivity contribution in [3.05, 3.63) is 59.7 Å². The van der Waals surface area contributed by atoms with E-state index in [9.17, 15) is 0 Å². The zero-order chi connectivity index (χ0) is 15.9. The van der Waals surface area contributed by atoms with Crippen LogP contribution in [0.25, 0.3) is 0 Å². The molecule has 4 nitrogen and oxygen atoms in total. The molecule has 0 bridgehead atoms. The van der Waals surface area contributed by atoms with Crippen molar-refractivity contribution < 1.29 is 9.05 Å². The predicted octanol–water partition coefficient (Wildman–Crippen LogP) is 4.28. The van der Waals surface area contributed by atoms with Crippen LogP contribution < -0.4 is 9.05 Å². The van der Waals surface area contributed by atoms with Crippen LogP contribution in [0.3, 0.4) is 0 Å². The smallest absolute Gasteiger partial charge is 0.480 e. The molecule has 0 saturated carbocycles. The molecule has 0 saturated heterocycles. The quantitative estimate of drug-likeness (QED) is 0.442. The summed E-state index contributed by atoms with van der Waals surface area (Å²) in [6.07, 6.45) is 1.74. The van der Waals surface area contributed by atoms with Crippen molar-refractivity contribution in [3.63, 3.8) is 0 Å². The maximum Gasteiger partial charge on any atom is 0.540 e. The Labute approximate surface area is 139 Å². The van der Waals surface area contributed by atoms with E-state index in [0.29, 0.717) is 0 Å². The van der Waals surface area contributed by atoms with E-state index in [0.717, 1.165) is 17.1 Å². The molecule has 0 fully saturated rings. The first-order chi connectivity index (χ1) is 10.6. The summed E-state index contributed by atoms with van der Waals surface area (Å²) >= 11 is 5.36. The second-order valence-corrected chi connectivity index (χ2v) is 6.97. The van der Waals surface area contributed by atoms with Crippen molar-refractivity contribution in [1.82, 2.24) is 4.78 Å². The molecule has 0 spiro atoms. The third-order valence-corrected chi connectivity index (χ3v) is 4.98. The lowest BCUT2D eigenvalue weighted by molar-refractivity contribution is 0.515. The molecule has 2 aromatic rings. The first kappa shape index (κ1) is 16.8. The van der Waals surface area contributed by atoms with E-state index in [1.807, 2.05) is 62.5 Å². The summed E-state index contributed by atoms with van der Waals surface area (Å²) in [4.78, 5) is 0. The van der Waals surface area contributed by atoms with Gasteiger partial charge in [-0.2, -0.15) is 0 Å². The van der Waals surface area contributed by atoms with Crippen LogP contribution in [0, 0.1) is 6.92 Å². The molecule has 0 aliphatic carbocycles. The highest BCUT2D eigenvalue weighted by Gasteiger charge is 2.19. The topological polar surface area (TPSA) is 34.1 Å². The van der Waals surface area contributed by atoms with Gasteiger partial charge in [-0.3, -0.25) is 4.52 Å². The molecular weight excluding hydrogens is 334 g/mol. The standard InChI is InChI=1S/C15H17N2O2P2S/c1-12-3-7-15(8-4-12)19-21(22)17(2)16-11-13-5-9-14(18-20)10-6-13/h3-11H,20H2,1-2H3/q+1/b16-11+. The Hall–Kier alpha value is -1.54. The fourth-order valence-corrected chi connectivity index (χ4v) is 2.67. The Bertz CT molecular complexity index is 660. The minimum atomic E-state index is -1.24. The summed E-state index contributed by atoms with van der Waals surface area (Å²) in [5.74, 6) is 1.54. The molecule has 2 rings (SSSR count). The molecule has 0 aromatic heterocycles. The maximum atomic E-state index is 5.73. The molecule has 7 heteroatoms. The Morgan fingerprint density at radius 3 is 2.27 bits per heavy atom. The highest BCUT2D eigenvalue weighted by atomic mass is 32.4. The molecule has 0 aliphatic heterocycles. The van der Waals surface area contributed by atoms with Crippen LogP contribution in [0.5, 0.6) is 11.5 Å². The second-order valence-electron chi connectivity index (χ2n) is 4.56. The fourth-order valence-electron chi connectivity index (χ4n) is 1.57. The van der Waals surface area contributed by atoms with Gasteiger partial charge in [0.15, 0.2) is 5.75 Å². The SMILES string of the molecule is Cc1ccc(O[P+](=S)N(C)/N=C/c2ccc(OP)cc2)cc1. The molecular formula is C15H17N2O2P2S+. The van der Waals surface area contributed by atoms with Gasteiger partial charge in [-0.05, 0) is 48.9 Å². The average molecular weight is 351 g/mol. The van der Waals surface area contributed by atoms with Gasteiger partial charge in [0.05, 0.1) is 22.7 Å². The van der Waals surface area contributed by atoms with Crippen LogP contribution >= 0.6 is 16.5 Å². The molecule has 2 atom stereocenters. The zero-order valence-electron chi connectivity index (χ0n) is 12.3. The number of aryl methyl sites for hydroxylation is 1. The Kier molecular flexibility index (Phi) is 6.26. The van der Waals surface area contributed by atoms with Crippen molar-refractivity contribution in [2.75, 3.05) is 7.05 Å². The van der Waals surface area contributed by atoms with Gasteiger partial charge in [-0.25, -0.2) is 0 Å². The first-order valence-electron chi connectivity index (χ1n) is 6.55. The van der Waals surface area contributed by atoms with E-state index in [1.165, 1.54) is 5.56 Å². The van der Waals surface area contributed by atoms with Crippen LogP contribution in [0.2, 0.25) is 0 Å². The van der Waals surface area contributed by atoms with Gasteiger partial charge >= 0.3 is 7.07 Å². The van der Waals surface area contributed by atoms with Crippen molar-refractivity contribution >= 4 is 34.6 Å². The van der Waals surface area contributed by atoms with Gasteiger partial charge < -0.3 is 4.52 Å². The lowest BCUT2D eigenvalue weighted by Crippen LogP contribution is -2.03. The third-order valence-electron chi connectivity index (χ3n) is 2.83. The predicted molar refractivity (Wildman–Crippen MR) is 98.2 cm³/mol. The summed E-state index contributed by atoms with van der Waals surface area (Å²) in [6, 6.07) is 15.4. The molecule has 0 heterocycles. The molecule has 2 aromatic carbocycles. The van der Waals surface area contributed by atoms with Gasteiger partial charge in [0.1, 0.15) is 5.75 Å². The Morgan fingerprint density at radius 2 is 1.68 bits per heavy atom. The highest BCUT2D eigenvalue weighted by Crippen LogP contribution is 2.30. The van der Waals surface area contributed by atoms with Gasteiger partial charge in [0, 0.05) is 0 Å². The molecule has 0 amide bonds. The van der Waals surface area contributed by atoms with Crippen molar-refractivity contribution in [3.8, 4) is 11.5 Å². The number of hydrazone groups is 1. The number of rotatable bonds is 6. The van der Waals surface area contributed by atoms with E-state index in [1.54, 1.807) is 11.0 Å². The molecule has 0 radical (unpaired) electrons. The lowest BCUT2D eigenvalue weighted by atomic mass is 10.2. The summed E-state index contributed by atoms with van der Waals surface area (Å²) in [6.45, 7) is 2.03. The zero-order valence-corrected chi connectivity index (χ0v) is 15.2. The Balaban J connectivity index is 1.95. The fraction of sp³-hybridized carbons (Fsp3) is 0.133. The monoisotopic (exact) mass is 351 g/mol. The van der Waals surface area contributed by atoms with Gasteiger partial charge in [0.25, 0.3) is 0 Å². The summed E-state index contributed by atoms with van der Waals surface area (Å²) in [7, 11) is 2.78. The lowest BCUT2D eigenvalue weighted by Gasteiger charge is -2.02. The second kappa shape index (κ2) is 8.19. The first-order valence-corrected chi connectivity index (χ1v) is 9.24. The van der Waals surface area contributed by atoms with Gasteiger partial charge in [-0.1, -0.05) is 22.5 Å². The minimum absolute atomic E-state index is 0.760. The van der Waals surface area contributed by atoms with Crippen LogP contribution in [0.1, 0.15) is 11.1 Å². The summed E-state index contributed by atoms with van der Waals surface area (Å²) in [5.41, 5.74) is 2.15. The van der Waals surface area contributed by atoms with E-state index in [-0.39, 0.29) is 0 Å². The average Bonchev–Trinajstić information content (AvgIpc) is 2.55. The highest BCUT2D eigenvalue weighted by molar-refractivity contribution is 8.02. The molecule has 0 N–H and O–H groups in total.